The minimum atomic E-state index is -1.39. The molecule has 5 atom stereocenters. The van der Waals surface area contributed by atoms with E-state index in [1.54, 1.807) is 0 Å². The Morgan fingerprint density at radius 1 is 0.909 bits per heavy atom. The molecule has 1 saturated heterocycles. The molecule has 2 aromatic carbocycles. The molecule has 0 amide bonds. The summed E-state index contributed by atoms with van der Waals surface area (Å²) in [5, 5.41) is 43.9. The molecular weight excluding hydrogens is 286 g/mol. The molecule has 1 aliphatic rings. The first-order chi connectivity index (χ1) is 10.6. The highest BCUT2D eigenvalue weighted by molar-refractivity contribution is 5.93. The van der Waals surface area contributed by atoms with Gasteiger partial charge in [0.05, 0.1) is 6.61 Å². The van der Waals surface area contributed by atoms with Crippen molar-refractivity contribution < 1.29 is 25.2 Å². The second-order valence-electron chi connectivity index (χ2n) is 5.42. The molecule has 0 spiro atoms. The van der Waals surface area contributed by atoms with E-state index in [1.807, 2.05) is 42.5 Å². The summed E-state index contributed by atoms with van der Waals surface area (Å²) in [6.07, 6.45) is -5.91. The second-order valence-corrected chi connectivity index (χ2v) is 5.42. The lowest BCUT2D eigenvalue weighted by Crippen LogP contribution is -2.60. The maximum absolute atomic E-state index is 10.1. The zero-order chi connectivity index (χ0) is 15.7. The number of nitrogens with one attached hydrogen (secondary N) is 1. The van der Waals surface area contributed by atoms with Gasteiger partial charge < -0.3 is 30.5 Å². The van der Waals surface area contributed by atoms with Gasteiger partial charge in [-0.1, -0.05) is 36.4 Å². The maximum Gasteiger partial charge on any atom is 0.157 e. The van der Waals surface area contributed by atoms with Gasteiger partial charge in [-0.25, -0.2) is 0 Å². The zero-order valence-corrected chi connectivity index (χ0v) is 11.8. The highest BCUT2D eigenvalue weighted by atomic mass is 16.6. The van der Waals surface area contributed by atoms with Crippen molar-refractivity contribution in [2.24, 2.45) is 0 Å². The Morgan fingerprint density at radius 3 is 2.41 bits per heavy atom. The number of benzene rings is 2. The fourth-order valence-electron chi connectivity index (χ4n) is 2.73. The minimum absolute atomic E-state index is 0.446. The van der Waals surface area contributed by atoms with Gasteiger partial charge in [-0.05, 0) is 11.5 Å². The third-order valence-electron chi connectivity index (χ3n) is 3.98. The van der Waals surface area contributed by atoms with E-state index in [4.69, 9.17) is 4.74 Å². The Hall–Kier alpha value is -1.70. The molecule has 0 aromatic heterocycles. The monoisotopic (exact) mass is 305 g/mol. The summed E-state index contributed by atoms with van der Waals surface area (Å²) < 4.78 is 5.46. The van der Waals surface area contributed by atoms with Crippen LogP contribution >= 0.6 is 0 Å². The molecule has 6 nitrogen and oxygen atoms in total. The van der Waals surface area contributed by atoms with E-state index >= 15 is 0 Å². The molecule has 1 aliphatic heterocycles. The number of ether oxygens (including phenoxy) is 1. The van der Waals surface area contributed by atoms with Crippen molar-refractivity contribution in [3.8, 4) is 0 Å². The summed E-state index contributed by atoms with van der Waals surface area (Å²) in [5.41, 5.74) is 0.738. The molecule has 118 valence electrons. The smallest absolute Gasteiger partial charge is 0.157 e. The van der Waals surface area contributed by atoms with Gasteiger partial charge in [0.15, 0.2) is 6.23 Å². The predicted octanol–water partition coefficient (Wildman–Crippen LogP) is 0.0516. The lowest BCUT2D eigenvalue weighted by atomic mass is 9.98. The summed E-state index contributed by atoms with van der Waals surface area (Å²) in [5.74, 6) is 0. The first-order valence-corrected chi connectivity index (χ1v) is 7.16. The predicted molar refractivity (Wildman–Crippen MR) is 81.3 cm³/mol. The number of hydrogen-bond acceptors (Lipinski definition) is 6. The van der Waals surface area contributed by atoms with Gasteiger partial charge in [0.2, 0.25) is 0 Å². The molecule has 1 heterocycles. The molecule has 6 heteroatoms. The van der Waals surface area contributed by atoms with Crippen molar-refractivity contribution in [1.29, 1.82) is 0 Å². The minimum Gasteiger partial charge on any atom is -0.394 e. The summed E-state index contributed by atoms with van der Waals surface area (Å²) in [6, 6.07) is 13.4. The number of anilines is 1. The standard InChI is InChI=1S/C16H19NO5/c18-8-12-13(19)14(20)15(21)16(22-12)17-11-7-3-5-9-4-1-2-6-10(9)11/h1-7,12-21H,8H2/t12-,13-,14+,15+,16+/m1/s1. The first-order valence-electron chi connectivity index (χ1n) is 7.16. The van der Waals surface area contributed by atoms with Gasteiger partial charge in [0.1, 0.15) is 24.4 Å². The molecule has 0 bridgehead atoms. The third-order valence-corrected chi connectivity index (χ3v) is 3.98. The number of hydrogen-bond donors (Lipinski definition) is 5. The van der Waals surface area contributed by atoms with Crippen LogP contribution in [0.2, 0.25) is 0 Å². The molecule has 1 fully saturated rings. The molecule has 0 saturated carbocycles. The Labute approximate surface area is 127 Å². The summed E-state index contributed by atoms with van der Waals surface area (Å²) >= 11 is 0. The maximum atomic E-state index is 10.1. The van der Waals surface area contributed by atoms with Gasteiger partial charge in [-0.15, -0.1) is 0 Å². The number of aliphatic hydroxyl groups excluding tert-OH is 4. The van der Waals surface area contributed by atoms with Crippen LogP contribution in [0, 0.1) is 0 Å². The molecule has 0 aliphatic carbocycles. The average molecular weight is 305 g/mol. The molecule has 22 heavy (non-hydrogen) atoms. The topological polar surface area (TPSA) is 102 Å². The van der Waals surface area contributed by atoms with E-state index in [0.29, 0.717) is 0 Å². The van der Waals surface area contributed by atoms with Crippen LogP contribution in [0.15, 0.2) is 42.5 Å². The quantitative estimate of drug-likeness (QED) is 0.549. The number of aliphatic hydroxyl groups is 4. The van der Waals surface area contributed by atoms with E-state index < -0.39 is 37.3 Å². The van der Waals surface area contributed by atoms with E-state index in [0.717, 1.165) is 16.5 Å². The first kappa shape index (κ1) is 15.2. The highest BCUT2D eigenvalue weighted by Gasteiger charge is 2.43. The molecule has 3 rings (SSSR count). The molecule has 0 radical (unpaired) electrons. The molecular formula is C16H19NO5. The van der Waals surface area contributed by atoms with Crippen LogP contribution in [0.1, 0.15) is 0 Å². The summed E-state index contributed by atoms with van der Waals surface area (Å²) in [4.78, 5) is 0. The third kappa shape index (κ3) is 2.67. The lowest BCUT2D eigenvalue weighted by molar-refractivity contribution is -0.221. The van der Waals surface area contributed by atoms with Gasteiger partial charge in [0.25, 0.3) is 0 Å². The van der Waals surface area contributed by atoms with Crippen molar-refractivity contribution in [1.82, 2.24) is 0 Å². The highest BCUT2D eigenvalue weighted by Crippen LogP contribution is 2.27. The van der Waals surface area contributed by atoms with Crippen molar-refractivity contribution in [2.75, 3.05) is 11.9 Å². The van der Waals surface area contributed by atoms with Crippen LogP contribution in [0.3, 0.4) is 0 Å². The molecule has 0 unspecified atom stereocenters. The largest absolute Gasteiger partial charge is 0.394 e. The van der Waals surface area contributed by atoms with Gasteiger partial charge in [0, 0.05) is 11.1 Å². The molecule has 5 N–H and O–H groups in total. The fraction of sp³-hybridized carbons (Fsp3) is 0.375. The van der Waals surface area contributed by atoms with Crippen LogP contribution in [0.5, 0.6) is 0 Å². The normalized spacial score (nSPS) is 32.1. The van der Waals surface area contributed by atoms with Crippen molar-refractivity contribution in [3.63, 3.8) is 0 Å². The Kier molecular flexibility index (Phi) is 4.28. The van der Waals surface area contributed by atoms with E-state index in [2.05, 4.69) is 5.32 Å². The number of rotatable bonds is 3. The van der Waals surface area contributed by atoms with Crippen LogP contribution in [0.4, 0.5) is 5.69 Å². The van der Waals surface area contributed by atoms with Crippen LogP contribution in [0.25, 0.3) is 10.8 Å². The van der Waals surface area contributed by atoms with Crippen molar-refractivity contribution in [2.45, 2.75) is 30.6 Å². The van der Waals surface area contributed by atoms with Crippen LogP contribution in [-0.4, -0.2) is 57.7 Å². The SMILES string of the molecule is OC[C@H]1O[C@H](Nc2cccc3ccccc23)[C@@H](O)[C@@H](O)[C@@H]1O. The Balaban J connectivity index is 1.87. The second kappa shape index (κ2) is 6.20. The van der Waals surface area contributed by atoms with E-state index in [-0.39, 0.29) is 0 Å². The lowest BCUT2D eigenvalue weighted by Gasteiger charge is -2.40. The Morgan fingerprint density at radius 2 is 1.64 bits per heavy atom. The van der Waals surface area contributed by atoms with Crippen LogP contribution < -0.4 is 5.32 Å². The van der Waals surface area contributed by atoms with Crippen molar-refractivity contribution in [3.05, 3.63) is 42.5 Å². The number of fused-ring (bicyclic) bond motifs is 1. The van der Waals surface area contributed by atoms with Crippen molar-refractivity contribution >= 4 is 16.5 Å². The fourth-order valence-corrected chi connectivity index (χ4v) is 2.73. The van der Waals surface area contributed by atoms with Gasteiger partial charge in [-0.3, -0.25) is 0 Å². The summed E-state index contributed by atoms with van der Waals surface area (Å²) in [6.45, 7) is -0.446. The van der Waals surface area contributed by atoms with E-state index in [1.165, 1.54) is 0 Å². The Bertz CT molecular complexity index is 642. The average Bonchev–Trinajstić information content (AvgIpc) is 2.55. The molecule has 2 aromatic rings. The van der Waals surface area contributed by atoms with Gasteiger partial charge >= 0.3 is 0 Å². The van der Waals surface area contributed by atoms with E-state index in [9.17, 15) is 20.4 Å². The zero-order valence-electron chi connectivity index (χ0n) is 11.8. The van der Waals surface area contributed by atoms with Gasteiger partial charge in [-0.2, -0.15) is 0 Å². The van der Waals surface area contributed by atoms with Crippen LogP contribution in [-0.2, 0) is 4.74 Å². The summed E-state index contributed by atoms with van der Waals surface area (Å²) in [7, 11) is 0.